The molecule has 0 atom stereocenters. The fourth-order valence-electron chi connectivity index (χ4n) is 2.79. The molecule has 3 aromatic rings. The summed E-state index contributed by atoms with van der Waals surface area (Å²) in [4.78, 5) is 13.7. The van der Waals surface area contributed by atoms with Crippen LogP contribution in [-0.4, -0.2) is 5.78 Å². The number of benzene rings is 2. The average molecular weight is 372 g/mol. The molecule has 0 saturated heterocycles. The molecule has 0 saturated carbocycles. The minimum Gasteiger partial charge on any atom is -0.457 e. The van der Waals surface area contributed by atoms with E-state index in [0.29, 0.717) is 16.2 Å². The maximum absolute atomic E-state index is 13.2. The summed E-state index contributed by atoms with van der Waals surface area (Å²) in [6, 6.07) is 15.5. The van der Waals surface area contributed by atoms with Crippen LogP contribution in [-0.2, 0) is 6.18 Å². The molecule has 2 aromatic carbocycles. The summed E-state index contributed by atoms with van der Waals surface area (Å²) in [5.41, 5.74) is -0.163. The van der Waals surface area contributed by atoms with Crippen LogP contribution < -0.4 is 0 Å². The number of halogens is 3. The monoisotopic (exact) mass is 372 g/mol. The van der Waals surface area contributed by atoms with Crippen LogP contribution >= 0.6 is 11.8 Å². The minimum atomic E-state index is -4.47. The molecular weight excluding hydrogens is 361 g/mol. The van der Waals surface area contributed by atoms with Crippen LogP contribution in [0.4, 0.5) is 13.2 Å². The van der Waals surface area contributed by atoms with Crippen molar-refractivity contribution in [3.05, 3.63) is 82.5 Å². The maximum atomic E-state index is 13.2. The summed E-state index contributed by atoms with van der Waals surface area (Å²) >= 11 is 1.32. The second-order valence-electron chi connectivity index (χ2n) is 5.68. The van der Waals surface area contributed by atoms with Gasteiger partial charge in [0.2, 0.25) is 5.78 Å². The Hall–Kier alpha value is -2.73. The molecule has 0 unspecified atom stereocenters. The van der Waals surface area contributed by atoms with Crippen molar-refractivity contribution in [2.75, 3.05) is 0 Å². The third kappa shape index (κ3) is 2.97. The number of Topliss-reactive ketones (excluding diaryl/α,β-unsaturated/α-hetero) is 1. The number of carbonyl (C=O) groups excluding carboxylic acids is 1. The highest BCUT2D eigenvalue weighted by atomic mass is 32.2. The first kappa shape index (κ1) is 16.7. The lowest BCUT2D eigenvalue weighted by atomic mass is 10.1. The van der Waals surface area contributed by atoms with E-state index < -0.39 is 11.7 Å². The van der Waals surface area contributed by atoms with Gasteiger partial charge in [-0.1, -0.05) is 42.1 Å². The Bertz CT molecular complexity index is 1030. The van der Waals surface area contributed by atoms with E-state index in [9.17, 15) is 18.0 Å². The van der Waals surface area contributed by atoms with E-state index >= 15 is 0 Å². The Morgan fingerprint density at radius 1 is 0.885 bits per heavy atom. The van der Waals surface area contributed by atoms with Crippen LogP contribution in [0.25, 0.3) is 17.4 Å². The van der Waals surface area contributed by atoms with E-state index in [0.717, 1.165) is 11.0 Å². The summed E-state index contributed by atoms with van der Waals surface area (Å²) in [5.74, 6) is 0.331. The van der Waals surface area contributed by atoms with Crippen LogP contribution in [0.2, 0.25) is 0 Å². The summed E-state index contributed by atoms with van der Waals surface area (Å²) in [6.07, 6.45) is -2.91. The summed E-state index contributed by atoms with van der Waals surface area (Å²) < 4.78 is 45.1. The highest BCUT2D eigenvalue weighted by Crippen LogP contribution is 2.41. The van der Waals surface area contributed by atoms with Gasteiger partial charge in [-0.3, -0.25) is 4.79 Å². The van der Waals surface area contributed by atoms with Gasteiger partial charge in [0.05, 0.1) is 10.5 Å². The molecule has 0 N–H and O–H groups in total. The van der Waals surface area contributed by atoms with Gasteiger partial charge in [-0.25, -0.2) is 0 Å². The van der Waals surface area contributed by atoms with Crippen molar-refractivity contribution >= 4 is 23.6 Å². The Morgan fingerprint density at radius 3 is 2.31 bits per heavy atom. The van der Waals surface area contributed by atoms with Gasteiger partial charge in [0.15, 0.2) is 0 Å². The largest absolute Gasteiger partial charge is 0.457 e. The smallest absolute Gasteiger partial charge is 0.417 e. The highest BCUT2D eigenvalue weighted by molar-refractivity contribution is 8.04. The van der Waals surface area contributed by atoms with Crippen LogP contribution in [0.5, 0.6) is 0 Å². The van der Waals surface area contributed by atoms with Gasteiger partial charge in [-0.2, -0.15) is 13.2 Å². The molecule has 0 aliphatic carbocycles. The van der Waals surface area contributed by atoms with Crippen LogP contribution in [0, 0.1) is 0 Å². The second kappa shape index (κ2) is 6.21. The van der Waals surface area contributed by atoms with E-state index in [4.69, 9.17) is 4.42 Å². The zero-order valence-corrected chi connectivity index (χ0v) is 14.0. The molecule has 2 nitrogen and oxygen atoms in total. The van der Waals surface area contributed by atoms with Crippen molar-refractivity contribution in [1.29, 1.82) is 0 Å². The predicted molar refractivity (Wildman–Crippen MR) is 93.8 cm³/mol. The lowest BCUT2D eigenvalue weighted by Gasteiger charge is -2.10. The number of furan rings is 1. The molecule has 0 radical (unpaired) electrons. The third-order valence-electron chi connectivity index (χ3n) is 3.97. The number of allylic oxidation sites excluding steroid dienone is 1. The first-order chi connectivity index (χ1) is 12.4. The zero-order chi connectivity index (χ0) is 18.3. The second-order valence-corrected chi connectivity index (χ2v) is 6.77. The molecule has 1 aliphatic heterocycles. The number of alkyl halides is 3. The van der Waals surface area contributed by atoms with Crippen molar-refractivity contribution < 1.29 is 22.4 Å². The van der Waals surface area contributed by atoms with Crippen molar-refractivity contribution in [3.63, 3.8) is 0 Å². The van der Waals surface area contributed by atoms with E-state index in [-0.39, 0.29) is 17.1 Å². The molecular formula is C20H11F3O2S. The van der Waals surface area contributed by atoms with E-state index in [2.05, 4.69) is 0 Å². The first-order valence-electron chi connectivity index (χ1n) is 7.73. The summed E-state index contributed by atoms with van der Waals surface area (Å²) in [7, 11) is 0. The number of fused-ring (bicyclic) bond motifs is 1. The van der Waals surface area contributed by atoms with Crippen LogP contribution in [0.15, 0.2) is 74.9 Å². The number of ketones is 1. The van der Waals surface area contributed by atoms with Gasteiger partial charge in [0.25, 0.3) is 0 Å². The predicted octanol–water partition coefficient (Wildman–Crippen LogP) is 6.29. The summed E-state index contributed by atoms with van der Waals surface area (Å²) in [5, 5.41) is 0. The van der Waals surface area contributed by atoms with E-state index in [1.54, 1.807) is 24.3 Å². The molecule has 0 fully saturated rings. The molecule has 2 heterocycles. The van der Waals surface area contributed by atoms with Crippen molar-refractivity contribution in [3.8, 4) is 11.3 Å². The van der Waals surface area contributed by atoms with E-state index in [1.807, 2.05) is 12.1 Å². The molecule has 6 heteroatoms. The lowest BCUT2D eigenvalue weighted by Crippen LogP contribution is -2.06. The normalized spacial score (nSPS) is 15.5. The number of rotatable bonds is 2. The highest BCUT2D eigenvalue weighted by Gasteiger charge is 2.34. The van der Waals surface area contributed by atoms with Crippen LogP contribution in [0.1, 0.15) is 21.7 Å². The average Bonchev–Trinajstić information content (AvgIpc) is 3.20. The fraction of sp³-hybridized carbons (Fsp3) is 0.0500. The lowest BCUT2D eigenvalue weighted by molar-refractivity contribution is -0.137. The SMILES string of the molecule is O=C1/C(=C/c2ccc(-c3ccccc3C(F)(F)F)o2)Sc2ccccc21. The quantitative estimate of drug-likeness (QED) is 0.495. The molecule has 1 aliphatic rings. The number of thioether (sulfide) groups is 1. The number of hydrogen-bond acceptors (Lipinski definition) is 3. The van der Waals surface area contributed by atoms with Gasteiger partial charge >= 0.3 is 6.18 Å². The van der Waals surface area contributed by atoms with E-state index in [1.165, 1.54) is 36.0 Å². The maximum Gasteiger partial charge on any atom is 0.417 e. The fourth-order valence-corrected chi connectivity index (χ4v) is 3.82. The molecule has 1 aromatic heterocycles. The van der Waals surface area contributed by atoms with Gasteiger partial charge < -0.3 is 4.42 Å². The molecule has 0 bridgehead atoms. The third-order valence-corrected chi connectivity index (χ3v) is 5.07. The Kier molecular flexibility index (Phi) is 4.00. The van der Waals surface area contributed by atoms with Gasteiger partial charge in [0.1, 0.15) is 11.5 Å². The topological polar surface area (TPSA) is 30.2 Å². The van der Waals surface area contributed by atoms with Gasteiger partial charge in [0, 0.05) is 16.0 Å². The molecule has 4 rings (SSSR count). The van der Waals surface area contributed by atoms with Crippen molar-refractivity contribution in [2.45, 2.75) is 11.1 Å². The molecule has 130 valence electrons. The Labute approximate surface area is 151 Å². The first-order valence-corrected chi connectivity index (χ1v) is 8.55. The van der Waals surface area contributed by atoms with Crippen LogP contribution in [0.3, 0.4) is 0 Å². The standard InChI is InChI=1S/C20H11F3O2S/c21-20(22,23)15-7-3-1-5-13(15)16-10-9-12(25-16)11-18-19(24)14-6-2-4-8-17(14)26-18/h1-11H/b18-11-. The Balaban J connectivity index is 1.68. The minimum absolute atomic E-state index is 0.0293. The van der Waals surface area contributed by atoms with Crippen molar-refractivity contribution in [2.24, 2.45) is 0 Å². The van der Waals surface area contributed by atoms with Gasteiger partial charge in [-0.05, 0) is 36.4 Å². The number of hydrogen-bond donors (Lipinski definition) is 0. The summed E-state index contributed by atoms with van der Waals surface area (Å²) in [6.45, 7) is 0. The molecule has 0 amide bonds. The Morgan fingerprint density at radius 2 is 1.58 bits per heavy atom. The number of carbonyl (C=O) groups is 1. The zero-order valence-electron chi connectivity index (χ0n) is 13.2. The molecule has 0 spiro atoms. The van der Waals surface area contributed by atoms with Crippen molar-refractivity contribution in [1.82, 2.24) is 0 Å². The van der Waals surface area contributed by atoms with Gasteiger partial charge in [-0.15, -0.1) is 0 Å². The molecule has 26 heavy (non-hydrogen) atoms.